The minimum absolute atomic E-state index is 0.0528. The summed E-state index contributed by atoms with van der Waals surface area (Å²) < 4.78 is 0. The molecule has 0 aromatic heterocycles. The van der Waals surface area contributed by atoms with E-state index >= 15 is 0 Å². The lowest BCUT2D eigenvalue weighted by Crippen LogP contribution is -2.52. The molecule has 106 valence electrons. The predicted molar refractivity (Wildman–Crippen MR) is 85.8 cm³/mol. The Bertz CT molecular complexity index is 395. The lowest BCUT2D eigenvalue weighted by atomic mass is 9.81. The van der Waals surface area contributed by atoms with Gasteiger partial charge < -0.3 is 5.73 Å². The highest BCUT2D eigenvalue weighted by atomic mass is 32.2. The molecule has 0 radical (unpaired) electrons. The summed E-state index contributed by atoms with van der Waals surface area (Å²) in [6.45, 7) is 9.91. The van der Waals surface area contributed by atoms with Crippen molar-refractivity contribution in [1.29, 1.82) is 0 Å². The first kappa shape index (κ1) is 14.9. The van der Waals surface area contributed by atoms with Crippen LogP contribution < -0.4 is 5.73 Å². The fourth-order valence-corrected chi connectivity index (χ4v) is 3.94. The molecule has 0 aliphatic carbocycles. The van der Waals surface area contributed by atoms with E-state index in [1.807, 2.05) is 0 Å². The van der Waals surface area contributed by atoms with Crippen LogP contribution in [-0.2, 0) is 5.41 Å². The largest absolute Gasteiger partial charge is 0.330 e. The molecule has 3 unspecified atom stereocenters. The predicted octanol–water partition coefficient (Wildman–Crippen LogP) is 2.73. The van der Waals surface area contributed by atoms with Crippen LogP contribution in [0.4, 0.5) is 0 Å². The number of nitrogens with two attached hydrogens (primary N) is 1. The number of thioether (sulfide) groups is 1. The summed E-state index contributed by atoms with van der Waals surface area (Å²) in [5.74, 6) is 1.24. The molecule has 1 aliphatic rings. The summed E-state index contributed by atoms with van der Waals surface area (Å²) in [5.41, 5.74) is 7.51. The van der Waals surface area contributed by atoms with E-state index in [1.165, 1.54) is 17.9 Å². The molecule has 1 saturated heterocycles. The van der Waals surface area contributed by atoms with Crippen molar-refractivity contribution in [3.05, 3.63) is 35.9 Å². The Balaban J connectivity index is 2.14. The second kappa shape index (κ2) is 6.29. The van der Waals surface area contributed by atoms with E-state index in [1.54, 1.807) is 0 Å². The lowest BCUT2D eigenvalue weighted by molar-refractivity contribution is 0.170. The molecule has 3 heteroatoms. The van der Waals surface area contributed by atoms with Crippen LogP contribution in [-0.4, -0.2) is 41.6 Å². The van der Waals surface area contributed by atoms with E-state index < -0.39 is 0 Å². The van der Waals surface area contributed by atoms with Gasteiger partial charge in [0.1, 0.15) is 0 Å². The molecule has 0 bridgehead atoms. The minimum Gasteiger partial charge on any atom is -0.330 e. The van der Waals surface area contributed by atoms with E-state index in [9.17, 15) is 0 Å². The summed E-state index contributed by atoms with van der Waals surface area (Å²) in [5, 5.41) is 0.714. The van der Waals surface area contributed by atoms with Gasteiger partial charge in [0.05, 0.1) is 0 Å². The molecule has 2 nitrogen and oxygen atoms in total. The van der Waals surface area contributed by atoms with Gasteiger partial charge in [0.25, 0.3) is 0 Å². The van der Waals surface area contributed by atoms with Crippen LogP contribution in [0.3, 0.4) is 0 Å². The van der Waals surface area contributed by atoms with E-state index in [0.29, 0.717) is 17.8 Å². The Morgan fingerprint density at radius 3 is 2.63 bits per heavy atom. The molecule has 1 aliphatic heterocycles. The summed E-state index contributed by atoms with van der Waals surface area (Å²) in [7, 11) is 0. The van der Waals surface area contributed by atoms with E-state index in [0.717, 1.165) is 6.54 Å². The summed E-state index contributed by atoms with van der Waals surface area (Å²) in [6, 6.07) is 11.3. The van der Waals surface area contributed by atoms with Crippen molar-refractivity contribution in [3.8, 4) is 0 Å². The van der Waals surface area contributed by atoms with Gasteiger partial charge in [-0.3, -0.25) is 4.90 Å². The molecule has 3 atom stereocenters. The first-order valence-corrected chi connectivity index (χ1v) is 8.23. The number of rotatable bonds is 4. The third-order valence-electron chi connectivity index (χ3n) is 4.49. The van der Waals surface area contributed by atoms with Crippen molar-refractivity contribution in [2.75, 3.05) is 25.4 Å². The van der Waals surface area contributed by atoms with Gasteiger partial charge in [-0.1, -0.05) is 44.2 Å². The van der Waals surface area contributed by atoms with Gasteiger partial charge in [-0.15, -0.1) is 0 Å². The molecule has 0 saturated carbocycles. The zero-order valence-corrected chi connectivity index (χ0v) is 13.1. The van der Waals surface area contributed by atoms with Gasteiger partial charge in [-0.05, 0) is 12.5 Å². The Kier molecular flexibility index (Phi) is 4.93. The first-order valence-electron chi connectivity index (χ1n) is 7.18. The number of nitrogens with zero attached hydrogens (tertiary/aromatic N) is 1. The fraction of sp³-hybridized carbons (Fsp3) is 0.625. The van der Waals surface area contributed by atoms with Crippen molar-refractivity contribution < 1.29 is 0 Å². The highest BCUT2D eigenvalue weighted by Gasteiger charge is 2.33. The van der Waals surface area contributed by atoms with Crippen LogP contribution in [0.5, 0.6) is 0 Å². The molecule has 2 rings (SSSR count). The van der Waals surface area contributed by atoms with Gasteiger partial charge in [0, 0.05) is 42.1 Å². The molecule has 19 heavy (non-hydrogen) atoms. The summed E-state index contributed by atoms with van der Waals surface area (Å²) in [6.07, 6.45) is 0. The molecule has 0 spiro atoms. The number of hydrogen-bond donors (Lipinski definition) is 1. The van der Waals surface area contributed by atoms with Crippen molar-refractivity contribution in [3.63, 3.8) is 0 Å². The Hall–Kier alpha value is -0.510. The molecular formula is C16H26N2S. The fourth-order valence-electron chi connectivity index (χ4n) is 2.78. The molecule has 1 fully saturated rings. The van der Waals surface area contributed by atoms with Crippen LogP contribution in [0.1, 0.15) is 26.3 Å². The minimum atomic E-state index is 0.0528. The maximum Gasteiger partial charge on any atom is 0.0184 e. The van der Waals surface area contributed by atoms with Crippen molar-refractivity contribution in [2.24, 2.45) is 5.73 Å². The van der Waals surface area contributed by atoms with E-state index in [-0.39, 0.29) is 5.41 Å². The molecule has 1 aromatic carbocycles. The van der Waals surface area contributed by atoms with E-state index in [2.05, 4.69) is 67.8 Å². The lowest BCUT2D eigenvalue weighted by Gasteiger charge is -2.43. The average molecular weight is 278 g/mol. The Morgan fingerprint density at radius 1 is 1.32 bits per heavy atom. The average Bonchev–Trinajstić information content (AvgIpc) is 2.45. The Labute approximate surface area is 121 Å². The van der Waals surface area contributed by atoms with Crippen molar-refractivity contribution in [1.82, 2.24) is 4.90 Å². The van der Waals surface area contributed by atoms with Crippen LogP contribution in [0, 0.1) is 0 Å². The third kappa shape index (κ3) is 3.33. The third-order valence-corrected chi connectivity index (χ3v) is 5.83. The summed E-state index contributed by atoms with van der Waals surface area (Å²) in [4.78, 5) is 2.61. The highest BCUT2D eigenvalue weighted by Crippen LogP contribution is 2.29. The van der Waals surface area contributed by atoms with E-state index in [4.69, 9.17) is 5.73 Å². The summed E-state index contributed by atoms with van der Waals surface area (Å²) >= 11 is 2.09. The van der Waals surface area contributed by atoms with Gasteiger partial charge in [-0.25, -0.2) is 0 Å². The van der Waals surface area contributed by atoms with Gasteiger partial charge in [0.15, 0.2) is 0 Å². The molecular weight excluding hydrogens is 252 g/mol. The zero-order valence-electron chi connectivity index (χ0n) is 12.3. The number of benzene rings is 1. The van der Waals surface area contributed by atoms with Crippen LogP contribution >= 0.6 is 11.8 Å². The van der Waals surface area contributed by atoms with Crippen LogP contribution in [0.2, 0.25) is 0 Å². The maximum atomic E-state index is 6.10. The van der Waals surface area contributed by atoms with Crippen molar-refractivity contribution in [2.45, 2.75) is 37.5 Å². The first-order chi connectivity index (χ1) is 9.07. The maximum absolute atomic E-state index is 6.10. The Morgan fingerprint density at radius 2 is 2.00 bits per heavy atom. The number of hydrogen-bond acceptors (Lipinski definition) is 3. The monoisotopic (exact) mass is 278 g/mol. The molecule has 1 aromatic rings. The molecule has 2 N–H and O–H groups in total. The smallest absolute Gasteiger partial charge is 0.0184 e. The quantitative estimate of drug-likeness (QED) is 0.918. The SMILES string of the molecule is CC1SCCN(CC(C)(CN)c2ccccc2)C1C. The van der Waals surface area contributed by atoms with Gasteiger partial charge >= 0.3 is 0 Å². The standard InChI is InChI=1S/C16H26N2S/c1-13-14(2)19-10-9-18(13)12-16(3,11-17)15-7-5-4-6-8-15/h4-8,13-14H,9-12,17H2,1-3H3. The van der Waals surface area contributed by atoms with Crippen molar-refractivity contribution >= 4 is 11.8 Å². The molecule has 1 heterocycles. The zero-order chi connectivity index (χ0) is 13.9. The van der Waals surface area contributed by atoms with Gasteiger partial charge in [-0.2, -0.15) is 11.8 Å². The second-order valence-corrected chi connectivity index (χ2v) is 7.40. The second-order valence-electron chi connectivity index (χ2n) is 5.92. The normalized spacial score (nSPS) is 28.0. The topological polar surface area (TPSA) is 29.3 Å². The van der Waals surface area contributed by atoms with Gasteiger partial charge in [0.2, 0.25) is 0 Å². The molecule has 0 amide bonds. The highest BCUT2D eigenvalue weighted by molar-refractivity contribution is 8.00. The van der Waals surface area contributed by atoms with Crippen LogP contribution in [0.25, 0.3) is 0 Å². The van der Waals surface area contributed by atoms with Crippen LogP contribution in [0.15, 0.2) is 30.3 Å².